The number of anilines is 1. The number of urea groups is 1. The minimum atomic E-state index is -0.746. The number of carbonyl (C=O) groups is 2. The van der Waals surface area contributed by atoms with E-state index in [0.717, 1.165) is 5.69 Å². The molecule has 0 aliphatic carbocycles. The van der Waals surface area contributed by atoms with Gasteiger partial charge >= 0.3 is 6.03 Å². The summed E-state index contributed by atoms with van der Waals surface area (Å²) in [6.45, 7) is 1.74. The molecule has 0 spiro atoms. The lowest BCUT2D eigenvalue weighted by Crippen LogP contribution is -2.34. The minimum absolute atomic E-state index is 0.0121. The summed E-state index contributed by atoms with van der Waals surface area (Å²) in [6.07, 6.45) is 1.57. The van der Waals surface area contributed by atoms with Crippen molar-refractivity contribution in [3.63, 3.8) is 0 Å². The fourth-order valence-corrected chi connectivity index (χ4v) is 2.78. The number of primary amides is 1. The van der Waals surface area contributed by atoms with Crippen LogP contribution < -0.4 is 27.2 Å². The number of nitrogens with two attached hydrogens (primary N) is 1. The fraction of sp³-hybridized carbons (Fsp3) is 0.200. The van der Waals surface area contributed by atoms with Gasteiger partial charge in [-0.05, 0) is 25.1 Å². The molecule has 3 amide bonds. The van der Waals surface area contributed by atoms with Crippen molar-refractivity contribution in [1.82, 2.24) is 15.2 Å². The number of aryl methyl sites for hydroxylation is 1. The number of pyridine rings is 1. The van der Waals surface area contributed by atoms with Crippen LogP contribution in [0.5, 0.6) is 0 Å². The van der Waals surface area contributed by atoms with Crippen LogP contribution in [0.2, 0.25) is 0 Å². The number of aliphatic imine (C=N–C) groups is 1. The van der Waals surface area contributed by atoms with Crippen molar-refractivity contribution in [2.75, 3.05) is 19.4 Å². The number of nitrogens with one attached hydrogen (secondary N) is 3. The van der Waals surface area contributed by atoms with Gasteiger partial charge in [0.25, 0.3) is 11.5 Å². The summed E-state index contributed by atoms with van der Waals surface area (Å²) in [5, 5.41) is 8.13. The van der Waals surface area contributed by atoms with E-state index < -0.39 is 17.5 Å². The lowest BCUT2D eigenvalue weighted by Gasteiger charge is -2.17. The molecule has 0 atom stereocenters. The van der Waals surface area contributed by atoms with Gasteiger partial charge in [-0.2, -0.15) is 0 Å². The Kier molecular flexibility index (Phi) is 6.91. The topological polar surface area (TPSA) is 131 Å². The highest BCUT2D eigenvalue weighted by Gasteiger charge is 2.18. The molecule has 1 aromatic carbocycles. The van der Waals surface area contributed by atoms with Crippen LogP contribution in [-0.2, 0) is 7.05 Å². The molecule has 2 rings (SSSR count). The molecule has 9 nitrogen and oxygen atoms in total. The molecule has 2 aromatic rings. The lowest BCUT2D eigenvalue weighted by molar-refractivity contribution is 0.0961. The smallest absolute Gasteiger partial charge is 0.317 e. The van der Waals surface area contributed by atoms with Gasteiger partial charge in [-0.15, -0.1) is 0 Å². The normalized spacial score (nSPS) is 12.1. The molecule has 0 saturated carbocycles. The maximum atomic E-state index is 12.3. The van der Waals surface area contributed by atoms with Crippen molar-refractivity contribution in [3.8, 4) is 0 Å². The van der Waals surface area contributed by atoms with Gasteiger partial charge in [0.05, 0.1) is 5.71 Å². The predicted octanol–water partition coefficient (Wildman–Crippen LogP) is 1.18. The number of hydrogen-bond acceptors (Lipinski definition) is 5. The number of nitrogens with zero attached hydrogens (tertiary/aromatic N) is 2. The van der Waals surface area contributed by atoms with Crippen molar-refractivity contribution in [2.24, 2.45) is 17.8 Å². The average Bonchev–Trinajstić information content (AvgIpc) is 2.70. The van der Waals surface area contributed by atoms with Gasteiger partial charge in [-0.25, -0.2) is 4.79 Å². The van der Waals surface area contributed by atoms with E-state index in [2.05, 4.69) is 20.9 Å². The molecule has 0 aliphatic rings. The summed E-state index contributed by atoms with van der Waals surface area (Å²) >= 11 is 0. The van der Waals surface area contributed by atoms with E-state index in [-0.39, 0.29) is 5.56 Å². The first-order valence-corrected chi connectivity index (χ1v) is 8.78. The van der Waals surface area contributed by atoms with Gasteiger partial charge < -0.3 is 20.9 Å². The van der Waals surface area contributed by atoms with Gasteiger partial charge in [0.2, 0.25) is 0 Å². The summed E-state index contributed by atoms with van der Waals surface area (Å²) < 4.78 is 1.31. The van der Waals surface area contributed by atoms with Crippen molar-refractivity contribution >= 4 is 23.3 Å². The van der Waals surface area contributed by atoms with Crippen molar-refractivity contribution in [3.05, 3.63) is 75.5 Å². The van der Waals surface area contributed by atoms with E-state index in [1.54, 1.807) is 27.2 Å². The number of allylic oxidation sites excluding steroid dienone is 1. The number of benzene rings is 1. The van der Waals surface area contributed by atoms with Crippen molar-refractivity contribution in [2.45, 2.75) is 6.92 Å². The molecule has 0 saturated heterocycles. The van der Waals surface area contributed by atoms with Crippen LogP contribution >= 0.6 is 0 Å². The van der Waals surface area contributed by atoms with E-state index in [0.29, 0.717) is 22.7 Å². The van der Waals surface area contributed by atoms with Crippen LogP contribution in [0, 0.1) is 0 Å². The number of para-hydroxylation sites is 1. The summed E-state index contributed by atoms with van der Waals surface area (Å²) in [4.78, 5) is 40.2. The molecule has 0 aliphatic heterocycles. The molecule has 5 N–H and O–H groups in total. The van der Waals surface area contributed by atoms with Crippen LogP contribution in [0.25, 0.3) is 0 Å². The molecule has 29 heavy (non-hydrogen) atoms. The molecule has 1 aromatic heterocycles. The maximum Gasteiger partial charge on any atom is 0.317 e. The molecular weight excluding hydrogens is 372 g/mol. The van der Waals surface area contributed by atoms with E-state index in [1.807, 2.05) is 30.3 Å². The zero-order valence-electron chi connectivity index (χ0n) is 16.7. The van der Waals surface area contributed by atoms with Gasteiger partial charge in [0.1, 0.15) is 11.4 Å². The van der Waals surface area contributed by atoms with E-state index >= 15 is 0 Å². The molecule has 152 valence electrons. The molecule has 0 fully saturated rings. The van der Waals surface area contributed by atoms with Gasteiger partial charge in [-0.1, -0.05) is 18.2 Å². The van der Waals surface area contributed by atoms with Crippen molar-refractivity contribution in [1.29, 1.82) is 0 Å². The zero-order valence-corrected chi connectivity index (χ0v) is 16.7. The zero-order chi connectivity index (χ0) is 21.6. The highest BCUT2D eigenvalue weighted by Crippen LogP contribution is 2.16. The van der Waals surface area contributed by atoms with E-state index in [1.165, 1.54) is 17.7 Å². The standard InChI is InChI=1S/C20H24N6O3/c1-12(17(25-20(21)29)24-14-8-6-5-7-9-14)16(22-2)13-10-15(18(27)23-3)19(28)26(4)11-13/h5-11,24H,1-4H3,(H,23,27)(H3,21,25,29)/b17-12+,22-16?. The third kappa shape index (κ3) is 5.10. The highest BCUT2D eigenvalue weighted by molar-refractivity contribution is 6.13. The Bertz CT molecular complexity index is 1040. The van der Waals surface area contributed by atoms with Crippen LogP contribution in [0.1, 0.15) is 22.8 Å². The third-order valence-electron chi connectivity index (χ3n) is 4.17. The number of rotatable bonds is 6. The van der Waals surface area contributed by atoms with Crippen LogP contribution in [-0.4, -0.2) is 36.3 Å². The number of carbonyl (C=O) groups excluding carboxylic acids is 2. The molecule has 1 heterocycles. The SMILES string of the molecule is CN=C(/C(C)=C(/NC(N)=O)Nc1ccccc1)c1cc(C(=O)NC)c(=O)n(C)c1. The summed E-state index contributed by atoms with van der Waals surface area (Å²) in [5.41, 5.74) is 7.19. The second-order valence-corrected chi connectivity index (χ2v) is 6.19. The van der Waals surface area contributed by atoms with Crippen molar-refractivity contribution < 1.29 is 9.59 Å². The number of amides is 3. The Balaban J connectivity index is 2.60. The number of hydrogen-bond donors (Lipinski definition) is 4. The summed E-state index contributed by atoms with van der Waals surface area (Å²) in [6, 6.07) is 9.94. The Morgan fingerprint density at radius 3 is 2.38 bits per heavy atom. The maximum absolute atomic E-state index is 12.3. The second kappa shape index (κ2) is 9.36. The first kappa shape index (κ1) is 21.4. The quantitative estimate of drug-likeness (QED) is 0.546. The van der Waals surface area contributed by atoms with Crippen LogP contribution in [0.15, 0.2) is 63.8 Å². The first-order chi connectivity index (χ1) is 13.8. The first-order valence-electron chi connectivity index (χ1n) is 8.78. The monoisotopic (exact) mass is 396 g/mol. The van der Waals surface area contributed by atoms with E-state index in [4.69, 9.17) is 5.73 Å². The fourth-order valence-electron chi connectivity index (χ4n) is 2.78. The second-order valence-electron chi connectivity index (χ2n) is 6.19. The molecule has 0 radical (unpaired) electrons. The van der Waals surface area contributed by atoms with Gasteiger partial charge in [0.15, 0.2) is 0 Å². The lowest BCUT2D eigenvalue weighted by atomic mass is 10.0. The van der Waals surface area contributed by atoms with E-state index in [9.17, 15) is 14.4 Å². The van der Waals surface area contributed by atoms with Crippen LogP contribution in [0.3, 0.4) is 0 Å². The Hall–Kier alpha value is -3.88. The Morgan fingerprint density at radius 1 is 1.17 bits per heavy atom. The van der Waals surface area contributed by atoms with Gasteiger partial charge in [0, 0.05) is 44.2 Å². The Labute approximate surface area is 168 Å². The average molecular weight is 396 g/mol. The predicted molar refractivity (Wildman–Crippen MR) is 113 cm³/mol. The molecular formula is C20H24N6O3. The molecule has 0 bridgehead atoms. The number of aromatic nitrogens is 1. The minimum Gasteiger partial charge on any atom is -0.355 e. The molecule has 0 unspecified atom stereocenters. The summed E-state index contributed by atoms with van der Waals surface area (Å²) in [5.74, 6) is -0.165. The largest absolute Gasteiger partial charge is 0.355 e. The Morgan fingerprint density at radius 2 is 1.83 bits per heavy atom. The molecule has 9 heteroatoms. The highest BCUT2D eigenvalue weighted by atomic mass is 16.2. The van der Waals surface area contributed by atoms with Crippen LogP contribution in [0.4, 0.5) is 10.5 Å². The summed E-state index contributed by atoms with van der Waals surface area (Å²) in [7, 11) is 4.58. The van der Waals surface area contributed by atoms with Gasteiger partial charge in [-0.3, -0.25) is 19.9 Å². The third-order valence-corrected chi connectivity index (χ3v) is 4.17.